The summed E-state index contributed by atoms with van der Waals surface area (Å²) in [5, 5.41) is 2.98. The van der Waals surface area contributed by atoms with Gasteiger partial charge in [-0.2, -0.15) is 0 Å². The van der Waals surface area contributed by atoms with E-state index in [1.807, 2.05) is 54.6 Å². The van der Waals surface area contributed by atoms with Crippen molar-refractivity contribution in [2.24, 2.45) is 0 Å². The Morgan fingerprint density at radius 3 is 2.17 bits per heavy atom. The van der Waals surface area contributed by atoms with Crippen LogP contribution in [0.15, 0.2) is 78.9 Å². The molecule has 1 aliphatic rings. The summed E-state index contributed by atoms with van der Waals surface area (Å²) in [7, 11) is 0. The lowest BCUT2D eigenvalue weighted by Gasteiger charge is -2.36. The molecule has 1 heterocycles. The van der Waals surface area contributed by atoms with Crippen molar-refractivity contribution < 1.29 is 9.53 Å². The van der Waals surface area contributed by atoms with Crippen LogP contribution in [0.2, 0.25) is 0 Å². The molecule has 30 heavy (non-hydrogen) atoms. The summed E-state index contributed by atoms with van der Waals surface area (Å²) in [6, 6.07) is 25.6. The summed E-state index contributed by atoms with van der Waals surface area (Å²) in [4.78, 5) is 17.1. The molecule has 1 fully saturated rings. The van der Waals surface area contributed by atoms with Gasteiger partial charge in [-0.25, -0.2) is 0 Å². The smallest absolute Gasteiger partial charge is 0.238 e. The molecule has 0 bridgehead atoms. The zero-order chi connectivity index (χ0) is 20.8. The zero-order valence-electron chi connectivity index (χ0n) is 17.3. The number of para-hydroxylation sites is 2. The summed E-state index contributed by atoms with van der Waals surface area (Å²) in [5.41, 5.74) is 3.36. The van der Waals surface area contributed by atoms with E-state index in [0.29, 0.717) is 6.54 Å². The molecule has 1 N–H and O–H groups in total. The average molecular weight is 402 g/mol. The molecular formula is C25H27N3O2. The van der Waals surface area contributed by atoms with Gasteiger partial charge in [0, 0.05) is 37.6 Å². The Morgan fingerprint density at radius 1 is 0.833 bits per heavy atom. The van der Waals surface area contributed by atoms with Gasteiger partial charge in [-0.05, 0) is 55.0 Å². The van der Waals surface area contributed by atoms with Gasteiger partial charge in [0.1, 0.15) is 11.5 Å². The number of aryl methyl sites for hydroxylation is 1. The molecule has 0 aliphatic carbocycles. The van der Waals surface area contributed by atoms with Crippen LogP contribution in [0.4, 0.5) is 11.4 Å². The molecule has 0 atom stereocenters. The van der Waals surface area contributed by atoms with Crippen molar-refractivity contribution in [3.8, 4) is 11.5 Å². The zero-order valence-corrected chi connectivity index (χ0v) is 17.3. The maximum Gasteiger partial charge on any atom is 0.238 e. The van der Waals surface area contributed by atoms with Crippen molar-refractivity contribution in [2.45, 2.75) is 6.92 Å². The molecule has 0 saturated carbocycles. The quantitative estimate of drug-likeness (QED) is 0.658. The van der Waals surface area contributed by atoms with Crippen molar-refractivity contribution >= 4 is 17.3 Å². The number of amides is 1. The highest BCUT2D eigenvalue weighted by atomic mass is 16.5. The Balaban J connectivity index is 1.25. The van der Waals surface area contributed by atoms with E-state index in [1.165, 1.54) is 11.3 Å². The molecule has 0 radical (unpaired) electrons. The molecule has 4 rings (SSSR count). The lowest BCUT2D eigenvalue weighted by Crippen LogP contribution is -2.48. The number of anilines is 2. The van der Waals surface area contributed by atoms with Gasteiger partial charge in [0.2, 0.25) is 5.91 Å². The number of hydrogen-bond acceptors (Lipinski definition) is 4. The van der Waals surface area contributed by atoms with Gasteiger partial charge in [-0.1, -0.05) is 36.4 Å². The first kappa shape index (κ1) is 20.0. The summed E-state index contributed by atoms with van der Waals surface area (Å²) >= 11 is 0. The third-order valence-corrected chi connectivity index (χ3v) is 5.31. The number of rotatable bonds is 6. The van der Waals surface area contributed by atoms with Crippen LogP contribution in [0, 0.1) is 6.92 Å². The number of nitrogens with zero attached hydrogens (tertiary/aromatic N) is 2. The van der Waals surface area contributed by atoms with Gasteiger partial charge in [0.25, 0.3) is 0 Å². The van der Waals surface area contributed by atoms with Gasteiger partial charge < -0.3 is 15.0 Å². The van der Waals surface area contributed by atoms with Crippen LogP contribution < -0.4 is 15.0 Å². The number of carbonyl (C=O) groups is 1. The third-order valence-electron chi connectivity index (χ3n) is 5.31. The first-order valence-electron chi connectivity index (χ1n) is 10.3. The number of ether oxygens (including phenoxy) is 1. The van der Waals surface area contributed by atoms with E-state index < -0.39 is 0 Å². The first-order valence-corrected chi connectivity index (χ1v) is 10.3. The van der Waals surface area contributed by atoms with Crippen molar-refractivity contribution in [1.82, 2.24) is 4.90 Å². The Hall–Kier alpha value is -3.31. The van der Waals surface area contributed by atoms with Crippen LogP contribution >= 0.6 is 0 Å². The van der Waals surface area contributed by atoms with Crippen molar-refractivity contribution in [2.75, 3.05) is 42.9 Å². The molecule has 3 aromatic carbocycles. The van der Waals surface area contributed by atoms with Crippen LogP contribution in [0.3, 0.4) is 0 Å². The molecule has 0 unspecified atom stereocenters. The fraction of sp³-hybridized carbons (Fsp3) is 0.240. The van der Waals surface area contributed by atoms with Crippen LogP contribution in [0.5, 0.6) is 11.5 Å². The maximum atomic E-state index is 12.5. The maximum absolute atomic E-state index is 12.5. The van der Waals surface area contributed by atoms with Gasteiger partial charge >= 0.3 is 0 Å². The summed E-state index contributed by atoms with van der Waals surface area (Å²) < 4.78 is 5.79. The molecule has 0 aromatic heterocycles. The summed E-state index contributed by atoms with van der Waals surface area (Å²) in [6.07, 6.45) is 0. The molecule has 5 heteroatoms. The lowest BCUT2D eigenvalue weighted by atomic mass is 10.1. The van der Waals surface area contributed by atoms with Crippen molar-refractivity contribution in [3.63, 3.8) is 0 Å². The molecule has 154 valence electrons. The van der Waals surface area contributed by atoms with Crippen molar-refractivity contribution in [1.29, 1.82) is 0 Å². The monoisotopic (exact) mass is 401 g/mol. The minimum Gasteiger partial charge on any atom is -0.457 e. The molecule has 3 aromatic rings. The molecule has 1 saturated heterocycles. The highest BCUT2D eigenvalue weighted by molar-refractivity contribution is 5.92. The van der Waals surface area contributed by atoms with E-state index in [9.17, 15) is 4.79 Å². The number of hydrogen-bond donors (Lipinski definition) is 1. The van der Waals surface area contributed by atoms with E-state index in [4.69, 9.17) is 4.74 Å². The second kappa shape index (κ2) is 9.46. The SMILES string of the molecule is Cc1ccccc1N1CCN(CC(=O)Nc2ccc(Oc3ccccc3)cc2)CC1. The highest BCUT2D eigenvalue weighted by Gasteiger charge is 2.20. The Kier molecular flexibility index (Phi) is 6.30. The number of carbonyl (C=O) groups excluding carboxylic acids is 1. The van der Waals surface area contributed by atoms with E-state index in [2.05, 4.69) is 46.3 Å². The topological polar surface area (TPSA) is 44.8 Å². The van der Waals surface area contributed by atoms with Crippen LogP contribution in [0.1, 0.15) is 5.56 Å². The van der Waals surface area contributed by atoms with Gasteiger partial charge in [-0.3, -0.25) is 9.69 Å². The second-order valence-corrected chi connectivity index (χ2v) is 7.54. The van der Waals surface area contributed by atoms with E-state index in [-0.39, 0.29) is 5.91 Å². The number of piperazine rings is 1. The highest BCUT2D eigenvalue weighted by Crippen LogP contribution is 2.23. The Bertz CT molecular complexity index is 965. The lowest BCUT2D eigenvalue weighted by molar-refractivity contribution is -0.117. The predicted molar refractivity (Wildman–Crippen MR) is 121 cm³/mol. The molecular weight excluding hydrogens is 374 g/mol. The van der Waals surface area contributed by atoms with Gasteiger partial charge in [0.15, 0.2) is 0 Å². The number of benzene rings is 3. The van der Waals surface area contributed by atoms with Crippen molar-refractivity contribution in [3.05, 3.63) is 84.4 Å². The Morgan fingerprint density at radius 2 is 1.47 bits per heavy atom. The fourth-order valence-electron chi connectivity index (χ4n) is 3.70. The normalized spacial score (nSPS) is 14.4. The molecule has 1 aliphatic heterocycles. The van der Waals surface area contributed by atoms with Gasteiger partial charge in [-0.15, -0.1) is 0 Å². The fourth-order valence-corrected chi connectivity index (χ4v) is 3.70. The Labute approximate surface area is 177 Å². The van der Waals surface area contributed by atoms with E-state index in [0.717, 1.165) is 43.4 Å². The predicted octanol–water partition coefficient (Wildman–Crippen LogP) is 4.55. The number of nitrogens with one attached hydrogen (secondary N) is 1. The van der Waals surface area contributed by atoms with Crippen LogP contribution in [0.25, 0.3) is 0 Å². The van der Waals surface area contributed by atoms with E-state index >= 15 is 0 Å². The van der Waals surface area contributed by atoms with Crippen LogP contribution in [-0.4, -0.2) is 43.5 Å². The third kappa shape index (κ3) is 5.19. The van der Waals surface area contributed by atoms with Gasteiger partial charge in [0.05, 0.1) is 6.54 Å². The largest absolute Gasteiger partial charge is 0.457 e. The minimum atomic E-state index is 0.0102. The minimum absolute atomic E-state index is 0.0102. The molecule has 1 amide bonds. The first-order chi connectivity index (χ1) is 14.7. The van der Waals surface area contributed by atoms with Crippen LogP contribution in [-0.2, 0) is 4.79 Å². The van der Waals surface area contributed by atoms with E-state index in [1.54, 1.807) is 0 Å². The second-order valence-electron chi connectivity index (χ2n) is 7.54. The molecule has 0 spiro atoms. The molecule has 5 nitrogen and oxygen atoms in total. The average Bonchev–Trinajstić information content (AvgIpc) is 2.77. The summed E-state index contributed by atoms with van der Waals surface area (Å²) in [6.45, 7) is 6.18. The summed E-state index contributed by atoms with van der Waals surface area (Å²) in [5.74, 6) is 1.54. The standard InChI is InChI=1S/C25H27N3O2/c1-20-7-5-6-10-24(20)28-17-15-27(16-18-28)19-25(29)26-21-11-13-23(14-12-21)30-22-8-3-2-4-9-22/h2-14H,15-19H2,1H3,(H,26,29).